The van der Waals surface area contributed by atoms with Crippen molar-refractivity contribution in [3.8, 4) is 0 Å². The summed E-state index contributed by atoms with van der Waals surface area (Å²) in [4.78, 5) is 23.1. The van der Waals surface area contributed by atoms with E-state index in [4.69, 9.17) is 5.73 Å². The third kappa shape index (κ3) is 3.70. The highest BCUT2D eigenvalue weighted by Crippen LogP contribution is 2.42. The van der Waals surface area contributed by atoms with Crippen molar-refractivity contribution >= 4 is 11.8 Å². The van der Waals surface area contributed by atoms with Crippen LogP contribution in [-0.4, -0.2) is 30.9 Å². The zero-order valence-electron chi connectivity index (χ0n) is 10.8. The van der Waals surface area contributed by atoms with Crippen LogP contribution >= 0.6 is 0 Å². The van der Waals surface area contributed by atoms with E-state index in [1.54, 1.807) is 0 Å². The summed E-state index contributed by atoms with van der Waals surface area (Å²) in [6.07, 6.45) is 6.35. The van der Waals surface area contributed by atoms with Crippen molar-refractivity contribution in [3.05, 3.63) is 0 Å². The number of carbonyl (C=O) groups is 2. The van der Waals surface area contributed by atoms with Crippen molar-refractivity contribution in [1.29, 1.82) is 0 Å². The van der Waals surface area contributed by atoms with Gasteiger partial charge < -0.3 is 16.4 Å². The second kappa shape index (κ2) is 5.69. The Bertz CT molecular complexity index is 317. The first-order valence-corrected chi connectivity index (χ1v) is 6.90. The molecule has 2 amide bonds. The van der Waals surface area contributed by atoms with Gasteiger partial charge in [-0.05, 0) is 37.6 Å². The molecule has 0 aromatic heterocycles. The van der Waals surface area contributed by atoms with Crippen LogP contribution in [0.25, 0.3) is 0 Å². The quantitative estimate of drug-likeness (QED) is 0.609. The molecule has 18 heavy (non-hydrogen) atoms. The van der Waals surface area contributed by atoms with Crippen LogP contribution in [0.5, 0.6) is 0 Å². The SMILES string of the molecule is NCC1(CC(=O)NCCC(=O)NC2CC2)CCC1. The van der Waals surface area contributed by atoms with Crippen LogP contribution in [0.3, 0.4) is 0 Å². The van der Waals surface area contributed by atoms with E-state index < -0.39 is 0 Å². The number of carbonyl (C=O) groups excluding carboxylic acids is 2. The van der Waals surface area contributed by atoms with E-state index in [-0.39, 0.29) is 17.2 Å². The molecule has 2 aliphatic rings. The smallest absolute Gasteiger partial charge is 0.221 e. The molecule has 0 saturated heterocycles. The molecule has 102 valence electrons. The summed E-state index contributed by atoms with van der Waals surface area (Å²) < 4.78 is 0. The number of rotatable bonds is 7. The minimum atomic E-state index is 0.0272. The number of nitrogens with one attached hydrogen (secondary N) is 2. The summed E-state index contributed by atoms with van der Waals surface area (Å²) in [6, 6.07) is 0.392. The molecular formula is C13H23N3O2. The van der Waals surface area contributed by atoms with Gasteiger partial charge in [0.15, 0.2) is 0 Å². The molecule has 0 unspecified atom stereocenters. The second-order valence-corrected chi connectivity index (χ2v) is 5.68. The lowest BCUT2D eigenvalue weighted by Crippen LogP contribution is -2.42. The maximum atomic E-state index is 11.7. The van der Waals surface area contributed by atoms with Crippen molar-refractivity contribution in [2.75, 3.05) is 13.1 Å². The fourth-order valence-electron chi connectivity index (χ4n) is 2.38. The summed E-state index contributed by atoms with van der Waals surface area (Å²) in [6.45, 7) is 1.01. The maximum absolute atomic E-state index is 11.7. The molecular weight excluding hydrogens is 230 g/mol. The van der Waals surface area contributed by atoms with Gasteiger partial charge in [-0.1, -0.05) is 6.42 Å². The van der Waals surface area contributed by atoms with E-state index in [1.165, 1.54) is 6.42 Å². The summed E-state index contributed by atoms with van der Waals surface area (Å²) in [5, 5.41) is 5.71. The third-order valence-electron chi connectivity index (χ3n) is 4.00. The van der Waals surface area contributed by atoms with Gasteiger partial charge in [0.05, 0.1) is 0 Å². The van der Waals surface area contributed by atoms with Gasteiger partial charge in [-0.15, -0.1) is 0 Å². The third-order valence-corrected chi connectivity index (χ3v) is 4.00. The first kappa shape index (κ1) is 13.3. The zero-order chi connectivity index (χ0) is 13.0. The molecule has 4 N–H and O–H groups in total. The summed E-state index contributed by atoms with van der Waals surface area (Å²) in [7, 11) is 0. The van der Waals surface area contributed by atoms with Crippen LogP contribution in [0, 0.1) is 5.41 Å². The molecule has 0 heterocycles. The first-order valence-electron chi connectivity index (χ1n) is 6.90. The number of nitrogens with two attached hydrogens (primary N) is 1. The van der Waals surface area contributed by atoms with Crippen molar-refractivity contribution in [1.82, 2.24) is 10.6 Å². The normalized spacial score (nSPS) is 20.9. The topological polar surface area (TPSA) is 84.2 Å². The molecule has 0 aromatic rings. The molecule has 0 aliphatic heterocycles. The van der Waals surface area contributed by atoms with E-state index in [0.717, 1.165) is 25.7 Å². The van der Waals surface area contributed by atoms with Crippen LogP contribution in [-0.2, 0) is 9.59 Å². The number of amides is 2. The highest BCUT2D eigenvalue weighted by molar-refractivity contribution is 5.79. The Morgan fingerprint density at radius 3 is 2.44 bits per heavy atom. The predicted octanol–water partition coefficient (Wildman–Crippen LogP) is 0.290. The second-order valence-electron chi connectivity index (χ2n) is 5.68. The lowest BCUT2D eigenvalue weighted by atomic mass is 9.66. The Kier molecular flexibility index (Phi) is 4.22. The van der Waals surface area contributed by atoms with E-state index >= 15 is 0 Å². The Hall–Kier alpha value is -1.10. The fraction of sp³-hybridized carbons (Fsp3) is 0.846. The van der Waals surface area contributed by atoms with Crippen molar-refractivity contribution < 1.29 is 9.59 Å². The molecule has 2 saturated carbocycles. The van der Waals surface area contributed by atoms with Gasteiger partial charge >= 0.3 is 0 Å². The molecule has 0 spiro atoms. The molecule has 2 rings (SSSR count). The monoisotopic (exact) mass is 253 g/mol. The summed E-state index contributed by atoms with van der Waals surface area (Å²) in [5.74, 6) is 0.0642. The molecule has 0 bridgehead atoms. The zero-order valence-corrected chi connectivity index (χ0v) is 10.8. The maximum Gasteiger partial charge on any atom is 0.221 e. The molecule has 5 nitrogen and oxygen atoms in total. The lowest BCUT2D eigenvalue weighted by molar-refractivity contribution is -0.125. The Balaban J connectivity index is 1.57. The van der Waals surface area contributed by atoms with Gasteiger partial charge in [0.1, 0.15) is 0 Å². The number of hydrogen-bond acceptors (Lipinski definition) is 3. The van der Waals surface area contributed by atoms with Crippen molar-refractivity contribution in [2.45, 2.75) is 51.0 Å². The van der Waals surface area contributed by atoms with Crippen LogP contribution in [0.15, 0.2) is 0 Å². The highest BCUT2D eigenvalue weighted by Gasteiger charge is 2.37. The Labute approximate surface area is 108 Å². The van der Waals surface area contributed by atoms with E-state index in [1.807, 2.05) is 0 Å². The predicted molar refractivity (Wildman–Crippen MR) is 68.7 cm³/mol. The van der Waals surface area contributed by atoms with Crippen molar-refractivity contribution in [2.24, 2.45) is 11.1 Å². The van der Waals surface area contributed by atoms with Gasteiger partial charge in [0.2, 0.25) is 11.8 Å². The lowest BCUT2D eigenvalue weighted by Gasteiger charge is -2.40. The summed E-state index contributed by atoms with van der Waals surface area (Å²) in [5.41, 5.74) is 5.75. The van der Waals surface area contributed by atoms with E-state index in [9.17, 15) is 9.59 Å². The van der Waals surface area contributed by atoms with Gasteiger partial charge in [0.25, 0.3) is 0 Å². The Morgan fingerprint density at radius 1 is 1.22 bits per heavy atom. The van der Waals surface area contributed by atoms with Gasteiger partial charge in [0, 0.05) is 25.4 Å². The Morgan fingerprint density at radius 2 is 1.94 bits per heavy atom. The standard InChI is InChI=1S/C13H23N3O2/c14-9-13(5-1-6-13)8-12(18)15-7-4-11(17)16-10-2-3-10/h10H,1-9,14H2,(H,15,18)(H,16,17). The van der Waals surface area contributed by atoms with E-state index in [0.29, 0.717) is 32.0 Å². The van der Waals surface area contributed by atoms with Crippen LogP contribution in [0.1, 0.15) is 44.9 Å². The summed E-state index contributed by atoms with van der Waals surface area (Å²) >= 11 is 0. The van der Waals surface area contributed by atoms with E-state index in [2.05, 4.69) is 10.6 Å². The molecule has 0 aromatic carbocycles. The van der Waals surface area contributed by atoms with Gasteiger partial charge in [-0.3, -0.25) is 9.59 Å². The van der Waals surface area contributed by atoms with Crippen LogP contribution < -0.4 is 16.4 Å². The molecule has 2 fully saturated rings. The average Bonchev–Trinajstić information content (AvgIpc) is 3.07. The fourth-order valence-corrected chi connectivity index (χ4v) is 2.38. The molecule has 5 heteroatoms. The van der Waals surface area contributed by atoms with Crippen LogP contribution in [0.2, 0.25) is 0 Å². The minimum Gasteiger partial charge on any atom is -0.356 e. The van der Waals surface area contributed by atoms with Gasteiger partial charge in [-0.2, -0.15) is 0 Å². The largest absolute Gasteiger partial charge is 0.356 e. The van der Waals surface area contributed by atoms with Crippen molar-refractivity contribution in [3.63, 3.8) is 0 Å². The van der Waals surface area contributed by atoms with Crippen LogP contribution in [0.4, 0.5) is 0 Å². The molecule has 0 radical (unpaired) electrons. The average molecular weight is 253 g/mol. The molecule has 0 atom stereocenters. The minimum absolute atomic E-state index is 0.0272. The van der Waals surface area contributed by atoms with Gasteiger partial charge in [-0.25, -0.2) is 0 Å². The number of hydrogen-bond donors (Lipinski definition) is 3. The first-order chi connectivity index (χ1) is 8.63. The molecule has 2 aliphatic carbocycles. The highest BCUT2D eigenvalue weighted by atomic mass is 16.2.